The van der Waals surface area contributed by atoms with E-state index < -0.39 is 0 Å². The summed E-state index contributed by atoms with van der Waals surface area (Å²) in [5.41, 5.74) is 3.01. The molecule has 0 amide bonds. The summed E-state index contributed by atoms with van der Waals surface area (Å²) >= 11 is 0. The van der Waals surface area contributed by atoms with Crippen LogP contribution in [-0.4, -0.2) is 26.7 Å². The first kappa shape index (κ1) is 21.4. The Morgan fingerprint density at radius 3 is 2.36 bits per heavy atom. The van der Waals surface area contributed by atoms with Gasteiger partial charge in [0.15, 0.2) is 5.96 Å². The van der Waals surface area contributed by atoms with Crippen LogP contribution >= 0.6 is 24.0 Å². The molecule has 0 aromatic heterocycles. The fraction of sp³-hybridized carbons (Fsp3) is 0.316. The third kappa shape index (κ3) is 7.39. The highest BCUT2D eigenvalue weighted by Gasteiger charge is 2.02. The molecule has 0 saturated heterocycles. The lowest BCUT2D eigenvalue weighted by Gasteiger charge is -2.12. The third-order valence-electron chi connectivity index (χ3n) is 3.66. The van der Waals surface area contributed by atoms with Crippen LogP contribution in [0.5, 0.6) is 0 Å². The van der Waals surface area contributed by atoms with Crippen LogP contribution in [0.25, 0.3) is 0 Å². The number of hydrogen-bond acceptors (Lipinski definition) is 2. The molecular weight excluding hydrogens is 432 g/mol. The molecule has 0 aliphatic heterocycles. The van der Waals surface area contributed by atoms with Gasteiger partial charge < -0.3 is 15.4 Å². The summed E-state index contributed by atoms with van der Waals surface area (Å²) in [6, 6.07) is 15.1. The molecule has 0 bridgehead atoms. The largest absolute Gasteiger partial charge is 0.380 e. The highest BCUT2D eigenvalue weighted by Crippen LogP contribution is 2.06. The van der Waals surface area contributed by atoms with E-state index in [1.54, 1.807) is 26.3 Å². The molecule has 0 spiro atoms. The minimum absolute atomic E-state index is 0. The Hall–Kier alpha value is -1.67. The summed E-state index contributed by atoms with van der Waals surface area (Å²) in [4.78, 5) is 4.18. The fourth-order valence-corrected chi connectivity index (χ4v) is 2.34. The van der Waals surface area contributed by atoms with E-state index in [1.165, 1.54) is 6.07 Å². The van der Waals surface area contributed by atoms with Crippen molar-refractivity contribution in [3.8, 4) is 0 Å². The van der Waals surface area contributed by atoms with Gasteiger partial charge in [-0.3, -0.25) is 4.99 Å². The highest BCUT2D eigenvalue weighted by atomic mass is 127. The van der Waals surface area contributed by atoms with E-state index in [9.17, 15) is 4.39 Å². The number of methoxy groups -OCH3 is 1. The van der Waals surface area contributed by atoms with E-state index in [-0.39, 0.29) is 29.8 Å². The van der Waals surface area contributed by atoms with Crippen molar-refractivity contribution in [2.75, 3.05) is 20.7 Å². The first-order chi connectivity index (χ1) is 11.7. The van der Waals surface area contributed by atoms with Crippen molar-refractivity contribution in [1.82, 2.24) is 10.6 Å². The molecule has 6 heteroatoms. The number of rotatable bonds is 7. The molecule has 2 rings (SSSR count). The minimum atomic E-state index is -0.168. The average Bonchev–Trinajstić information content (AvgIpc) is 2.61. The molecule has 0 radical (unpaired) electrons. The molecule has 0 aliphatic rings. The topological polar surface area (TPSA) is 45.7 Å². The predicted octanol–water partition coefficient (Wildman–Crippen LogP) is 3.50. The second-order valence-electron chi connectivity index (χ2n) is 5.44. The normalized spacial score (nSPS) is 10.9. The molecule has 0 fully saturated rings. The van der Waals surface area contributed by atoms with Crippen LogP contribution in [0.15, 0.2) is 53.5 Å². The number of nitrogens with one attached hydrogen (secondary N) is 2. The molecule has 0 aliphatic carbocycles. The maximum absolute atomic E-state index is 13.6. The number of halogens is 2. The summed E-state index contributed by atoms with van der Waals surface area (Å²) in [6.07, 6.45) is 0.610. The van der Waals surface area contributed by atoms with Crippen molar-refractivity contribution in [3.05, 3.63) is 71.0 Å². The maximum atomic E-state index is 13.6. The lowest BCUT2D eigenvalue weighted by molar-refractivity contribution is 0.185. The second kappa shape index (κ2) is 11.8. The van der Waals surface area contributed by atoms with Crippen molar-refractivity contribution in [1.29, 1.82) is 0 Å². The third-order valence-corrected chi connectivity index (χ3v) is 3.66. The Morgan fingerprint density at radius 1 is 1.04 bits per heavy atom. The average molecular weight is 457 g/mol. The van der Waals surface area contributed by atoms with Gasteiger partial charge in [-0.25, -0.2) is 4.39 Å². The number of hydrogen-bond donors (Lipinski definition) is 2. The van der Waals surface area contributed by atoms with Gasteiger partial charge in [-0.2, -0.15) is 0 Å². The molecule has 2 aromatic rings. The summed E-state index contributed by atoms with van der Waals surface area (Å²) in [6.45, 7) is 1.91. The molecule has 136 valence electrons. The molecular formula is C19H25FIN3O. The quantitative estimate of drug-likeness (QED) is 0.380. The smallest absolute Gasteiger partial charge is 0.191 e. The van der Waals surface area contributed by atoms with Gasteiger partial charge in [0.05, 0.1) is 6.61 Å². The number of guanidine groups is 1. The molecule has 0 heterocycles. The van der Waals surface area contributed by atoms with Gasteiger partial charge in [0.2, 0.25) is 0 Å². The zero-order valence-electron chi connectivity index (χ0n) is 14.6. The van der Waals surface area contributed by atoms with Gasteiger partial charge in [0.1, 0.15) is 5.82 Å². The van der Waals surface area contributed by atoms with E-state index in [0.29, 0.717) is 37.6 Å². The van der Waals surface area contributed by atoms with E-state index >= 15 is 0 Å². The van der Waals surface area contributed by atoms with Crippen LogP contribution in [0.3, 0.4) is 0 Å². The van der Waals surface area contributed by atoms with Crippen LogP contribution in [0.1, 0.15) is 16.7 Å². The van der Waals surface area contributed by atoms with E-state index in [0.717, 1.165) is 11.1 Å². The summed E-state index contributed by atoms with van der Waals surface area (Å²) < 4.78 is 18.7. The molecule has 0 atom stereocenters. The molecule has 25 heavy (non-hydrogen) atoms. The fourth-order valence-electron chi connectivity index (χ4n) is 2.34. The van der Waals surface area contributed by atoms with Crippen LogP contribution in [0, 0.1) is 5.82 Å². The Balaban J connectivity index is 0.00000312. The number of benzene rings is 2. The molecule has 2 N–H and O–H groups in total. The van der Waals surface area contributed by atoms with Gasteiger partial charge in [0, 0.05) is 27.2 Å². The summed E-state index contributed by atoms with van der Waals surface area (Å²) in [5, 5.41) is 6.45. The summed E-state index contributed by atoms with van der Waals surface area (Å²) in [5.74, 6) is 0.533. The molecule has 2 aromatic carbocycles. The van der Waals surface area contributed by atoms with Crippen molar-refractivity contribution >= 4 is 29.9 Å². The highest BCUT2D eigenvalue weighted by molar-refractivity contribution is 14.0. The van der Waals surface area contributed by atoms with Gasteiger partial charge >= 0.3 is 0 Å². The van der Waals surface area contributed by atoms with E-state index in [4.69, 9.17) is 4.74 Å². The van der Waals surface area contributed by atoms with E-state index in [1.807, 2.05) is 6.07 Å². The standard InChI is InChI=1S/C19H24FN3O.HI/c1-21-19(22-12-11-17-5-3-4-6-18(17)20)23-13-15-7-9-16(10-8-15)14-24-2;/h3-10H,11-14H2,1-2H3,(H2,21,22,23);1H. The molecule has 0 unspecified atom stereocenters. The Bertz CT molecular complexity index is 662. The number of nitrogens with zero attached hydrogens (tertiary/aromatic N) is 1. The van der Waals surface area contributed by atoms with Crippen LogP contribution in [0.2, 0.25) is 0 Å². The van der Waals surface area contributed by atoms with Gasteiger partial charge in [-0.05, 0) is 29.2 Å². The predicted molar refractivity (Wildman–Crippen MR) is 111 cm³/mol. The lowest BCUT2D eigenvalue weighted by Crippen LogP contribution is -2.37. The van der Waals surface area contributed by atoms with Crippen molar-refractivity contribution in [3.63, 3.8) is 0 Å². The van der Waals surface area contributed by atoms with Gasteiger partial charge in [0.25, 0.3) is 0 Å². The monoisotopic (exact) mass is 457 g/mol. The Labute approximate surface area is 165 Å². The van der Waals surface area contributed by atoms with Crippen molar-refractivity contribution < 1.29 is 9.13 Å². The van der Waals surface area contributed by atoms with Crippen molar-refractivity contribution in [2.45, 2.75) is 19.6 Å². The second-order valence-corrected chi connectivity index (χ2v) is 5.44. The van der Waals surface area contributed by atoms with Gasteiger partial charge in [-0.15, -0.1) is 24.0 Å². The first-order valence-corrected chi connectivity index (χ1v) is 7.97. The maximum Gasteiger partial charge on any atom is 0.191 e. The Morgan fingerprint density at radius 2 is 1.72 bits per heavy atom. The Kier molecular flexibility index (Phi) is 10.1. The minimum Gasteiger partial charge on any atom is -0.380 e. The van der Waals surface area contributed by atoms with Crippen LogP contribution < -0.4 is 10.6 Å². The van der Waals surface area contributed by atoms with E-state index in [2.05, 4.69) is 39.9 Å². The van der Waals surface area contributed by atoms with Gasteiger partial charge in [-0.1, -0.05) is 42.5 Å². The van der Waals surface area contributed by atoms with Crippen molar-refractivity contribution in [2.24, 2.45) is 4.99 Å². The number of ether oxygens (including phenoxy) is 1. The van der Waals surface area contributed by atoms with Crippen LogP contribution in [-0.2, 0) is 24.3 Å². The molecule has 0 saturated carbocycles. The first-order valence-electron chi connectivity index (χ1n) is 7.97. The summed E-state index contributed by atoms with van der Waals surface area (Å²) in [7, 11) is 3.41. The zero-order valence-corrected chi connectivity index (χ0v) is 16.9. The zero-order chi connectivity index (χ0) is 17.2. The van der Waals surface area contributed by atoms with Crippen LogP contribution in [0.4, 0.5) is 4.39 Å². The number of aliphatic imine (C=N–C) groups is 1. The molecule has 4 nitrogen and oxygen atoms in total. The lowest BCUT2D eigenvalue weighted by atomic mass is 10.1. The SMILES string of the molecule is CN=C(NCCc1ccccc1F)NCc1ccc(COC)cc1.I.